The first-order chi connectivity index (χ1) is 14.0. The zero-order valence-electron chi connectivity index (χ0n) is 16.8. The highest BCUT2D eigenvalue weighted by Gasteiger charge is 2.31. The third-order valence-electron chi connectivity index (χ3n) is 4.74. The van der Waals surface area contributed by atoms with Crippen molar-refractivity contribution < 1.29 is 19.0 Å². The minimum Gasteiger partial charge on any atom is -0.487 e. The smallest absolute Gasteiger partial charge is 0.236 e. The van der Waals surface area contributed by atoms with Crippen LogP contribution < -0.4 is 14.8 Å². The third kappa shape index (κ3) is 6.61. The van der Waals surface area contributed by atoms with Crippen molar-refractivity contribution in [3.63, 3.8) is 0 Å². The van der Waals surface area contributed by atoms with Gasteiger partial charge in [-0.15, -0.1) is 0 Å². The van der Waals surface area contributed by atoms with Crippen molar-refractivity contribution in [3.8, 4) is 11.6 Å². The molecule has 0 unspecified atom stereocenters. The van der Waals surface area contributed by atoms with E-state index in [2.05, 4.69) is 10.3 Å². The standard InChI is InChI=1S/C22H27ClN2O4/c1-15(25-16(2)26)12-27-19-10-18(11-19)14-29-22-21(23)20(8-9-24-22)28-13-17-6-4-3-5-7-17/h3-9,15,18-19H,10-14H2,1-2H3,(H,25,26)/t15-,18-,19-/m0/s1. The maximum atomic E-state index is 11.0. The number of carbonyl (C=O) groups is 1. The molecule has 0 spiro atoms. The van der Waals surface area contributed by atoms with E-state index in [9.17, 15) is 4.79 Å². The predicted molar refractivity (Wildman–Crippen MR) is 111 cm³/mol. The molecule has 0 bridgehead atoms. The minimum atomic E-state index is -0.0413. The number of pyridine rings is 1. The lowest BCUT2D eigenvalue weighted by atomic mass is 9.83. The Hall–Kier alpha value is -2.31. The van der Waals surface area contributed by atoms with Crippen LogP contribution in [-0.2, 0) is 16.1 Å². The van der Waals surface area contributed by atoms with E-state index in [-0.39, 0.29) is 18.1 Å². The number of hydrogen-bond acceptors (Lipinski definition) is 5. The van der Waals surface area contributed by atoms with Crippen molar-refractivity contribution in [2.24, 2.45) is 5.92 Å². The highest BCUT2D eigenvalue weighted by Crippen LogP contribution is 2.35. The Balaban J connectivity index is 1.40. The first kappa shape index (κ1) is 21.4. The SMILES string of the molecule is CC(=O)N[C@@H](C)CO[C@H]1C[C@H](COc2nccc(OCc3ccccc3)c2Cl)C1. The second-order valence-corrected chi connectivity index (χ2v) is 7.79. The summed E-state index contributed by atoms with van der Waals surface area (Å²) in [5.74, 6) is 1.31. The van der Waals surface area contributed by atoms with E-state index in [1.807, 2.05) is 37.3 Å². The second kappa shape index (κ2) is 10.5. The fraction of sp³-hybridized carbons (Fsp3) is 0.455. The first-order valence-corrected chi connectivity index (χ1v) is 10.2. The Bertz CT molecular complexity index is 797. The van der Waals surface area contributed by atoms with E-state index in [1.165, 1.54) is 6.92 Å². The molecule has 0 radical (unpaired) electrons. The van der Waals surface area contributed by atoms with Crippen molar-refractivity contribution >= 4 is 17.5 Å². The maximum absolute atomic E-state index is 11.0. The van der Waals surface area contributed by atoms with Gasteiger partial charge in [0.2, 0.25) is 11.8 Å². The van der Waals surface area contributed by atoms with Crippen LogP contribution in [0.5, 0.6) is 11.6 Å². The average Bonchev–Trinajstić information content (AvgIpc) is 2.66. The Labute approximate surface area is 176 Å². The lowest BCUT2D eigenvalue weighted by Crippen LogP contribution is -2.40. The number of halogens is 1. The summed E-state index contributed by atoms with van der Waals surface area (Å²) in [6, 6.07) is 11.7. The largest absolute Gasteiger partial charge is 0.487 e. The van der Waals surface area contributed by atoms with Crippen LogP contribution >= 0.6 is 11.6 Å². The molecule has 156 valence electrons. The Morgan fingerprint density at radius 3 is 2.72 bits per heavy atom. The summed E-state index contributed by atoms with van der Waals surface area (Å²) in [6.07, 6.45) is 3.70. The Kier molecular flexibility index (Phi) is 7.72. The summed E-state index contributed by atoms with van der Waals surface area (Å²) in [6.45, 7) is 4.93. The van der Waals surface area contributed by atoms with Crippen LogP contribution in [-0.4, -0.2) is 36.3 Å². The molecule has 1 aliphatic carbocycles. The molecule has 1 atom stereocenters. The molecule has 0 saturated heterocycles. The molecule has 6 nitrogen and oxygen atoms in total. The molecule has 0 aliphatic heterocycles. The Morgan fingerprint density at radius 1 is 1.24 bits per heavy atom. The summed E-state index contributed by atoms with van der Waals surface area (Å²) in [5.41, 5.74) is 1.07. The highest BCUT2D eigenvalue weighted by molar-refractivity contribution is 6.33. The van der Waals surface area contributed by atoms with Crippen molar-refractivity contribution in [2.45, 2.75) is 45.4 Å². The lowest BCUT2D eigenvalue weighted by Gasteiger charge is -2.35. The molecule has 1 fully saturated rings. The van der Waals surface area contributed by atoms with Gasteiger partial charge in [0, 0.05) is 25.2 Å². The summed E-state index contributed by atoms with van der Waals surface area (Å²) >= 11 is 6.40. The van der Waals surface area contributed by atoms with E-state index in [0.717, 1.165) is 18.4 Å². The van der Waals surface area contributed by atoms with Crippen LogP contribution in [0.15, 0.2) is 42.6 Å². The number of hydrogen-bond donors (Lipinski definition) is 1. The zero-order valence-corrected chi connectivity index (χ0v) is 17.5. The molecule has 29 heavy (non-hydrogen) atoms. The van der Waals surface area contributed by atoms with E-state index < -0.39 is 0 Å². The van der Waals surface area contributed by atoms with E-state index in [1.54, 1.807) is 12.3 Å². The summed E-state index contributed by atoms with van der Waals surface area (Å²) < 4.78 is 17.4. The fourth-order valence-electron chi connectivity index (χ4n) is 3.17. The monoisotopic (exact) mass is 418 g/mol. The topological polar surface area (TPSA) is 69.7 Å². The number of nitrogens with one attached hydrogen (secondary N) is 1. The van der Waals surface area contributed by atoms with E-state index in [4.69, 9.17) is 25.8 Å². The predicted octanol–water partition coefficient (Wildman–Crippen LogP) is 4.01. The molecular weight excluding hydrogens is 392 g/mol. The van der Waals surface area contributed by atoms with Gasteiger partial charge < -0.3 is 19.5 Å². The number of benzene rings is 1. The quantitative estimate of drug-likeness (QED) is 0.631. The van der Waals surface area contributed by atoms with Crippen LogP contribution in [0.2, 0.25) is 5.02 Å². The minimum absolute atomic E-state index is 0.0180. The van der Waals surface area contributed by atoms with E-state index >= 15 is 0 Å². The normalized spacial score (nSPS) is 19.1. The number of ether oxygens (including phenoxy) is 3. The number of nitrogens with zero attached hydrogens (tertiary/aromatic N) is 1. The molecule has 1 saturated carbocycles. The number of carbonyl (C=O) groups excluding carboxylic acids is 1. The average molecular weight is 419 g/mol. The van der Waals surface area contributed by atoms with Gasteiger partial charge in [0.25, 0.3) is 0 Å². The van der Waals surface area contributed by atoms with Crippen LogP contribution in [0.3, 0.4) is 0 Å². The van der Waals surface area contributed by atoms with Crippen molar-refractivity contribution in [2.75, 3.05) is 13.2 Å². The molecule has 1 amide bonds. The highest BCUT2D eigenvalue weighted by atomic mass is 35.5. The van der Waals surface area contributed by atoms with Gasteiger partial charge in [0.05, 0.1) is 19.3 Å². The Morgan fingerprint density at radius 2 is 2.00 bits per heavy atom. The van der Waals surface area contributed by atoms with Gasteiger partial charge >= 0.3 is 0 Å². The third-order valence-corrected chi connectivity index (χ3v) is 5.09. The van der Waals surface area contributed by atoms with Crippen molar-refractivity contribution in [3.05, 3.63) is 53.2 Å². The molecule has 7 heteroatoms. The summed E-state index contributed by atoms with van der Waals surface area (Å²) in [7, 11) is 0. The van der Waals surface area contributed by atoms with Gasteiger partial charge in [0.1, 0.15) is 17.4 Å². The fourth-order valence-corrected chi connectivity index (χ4v) is 3.39. The maximum Gasteiger partial charge on any atom is 0.236 e. The molecule has 1 aliphatic rings. The number of aromatic nitrogens is 1. The van der Waals surface area contributed by atoms with Gasteiger partial charge in [0.15, 0.2) is 0 Å². The summed E-state index contributed by atoms with van der Waals surface area (Å²) in [4.78, 5) is 15.2. The van der Waals surface area contributed by atoms with Gasteiger partial charge in [-0.25, -0.2) is 4.98 Å². The second-order valence-electron chi connectivity index (χ2n) is 7.41. The summed E-state index contributed by atoms with van der Waals surface area (Å²) in [5, 5.41) is 3.20. The van der Waals surface area contributed by atoms with Crippen LogP contribution in [0.1, 0.15) is 32.3 Å². The van der Waals surface area contributed by atoms with Crippen molar-refractivity contribution in [1.29, 1.82) is 0 Å². The molecule has 2 aromatic rings. The number of amides is 1. The van der Waals surface area contributed by atoms with Gasteiger partial charge in [-0.1, -0.05) is 41.9 Å². The lowest BCUT2D eigenvalue weighted by molar-refractivity contribution is -0.120. The van der Waals surface area contributed by atoms with Crippen molar-refractivity contribution in [1.82, 2.24) is 10.3 Å². The number of rotatable bonds is 10. The van der Waals surface area contributed by atoms with Gasteiger partial charge in [-0.05, 0) is 31.2 Å². The molecular formula is C22H27ClN2O4. The van der Waals surface area contributed by atoms with E-state index in [0.29, 0.717) is 42.4 Å². The zero-order chi connectivity index (χ0) is 20.6. The molecule has 1 heterocycles. The van der Waals surface area contributed by atoms with Crippen LogP contribution in [0.25, 0.3) is 0 Å². The van der Waals surface area contributed by atoms with Crippen LogP contribution in [0, 0.1) is 5.92 Å². The molecule has 1 N–H and O–H groups in total. The molecule has 1 aromatic heterocycles. The molecule has 3 rings (SSSR count). The van der Waals surface area contributed by atoms with Gasteiger partial charge in [-0.2, -0.15) is 0 Å². The van der Waals surface area contributed by atoms with Gasteiger partial charge in [-0.3, -0.25) is 4.79 Å². The molecule has 1 aromatic carbocycles. The van der Waals surface area contributed by atoms with Crippen LogP contribution in [0.4, 0.5) is 0 Å². The first-order valence-electron chi connectivity index (χ1n) is 9.84.